The molecule has 2 amide bonds. The molecule has 0 fully saturated rings. The summed E-state index contributed by atoms with van der Waals surface area (Å²) in [6, 6.07) is 3.11. The van der Waals surface area contributed by atoms with Crippen LogP contribution in [0, 0.1) is 6.92 Å². The second-order valence-corrected chi connectivity index (χ2v) is 6.92. The molecule has 8 heteroatoms. The molecule has 0 radical (unpaired) electrons. The van der Waals surface area contributed by atoms with E-state index in [1.54, 1.807) is 13.0 Å². The summed E-state index contributed by atoms with van der Waals surface area (Å²) in [5, 5.41) is 3.06. The Labute approximate surface area is 148 Å². The normalized spacial score (nSPS) is 13.2. The van der Waals surface area contributed by atoms with Gasteiger partial charge in [0.2, 0.25) is 5.76 Å². The molecular weight excluding hydrogens is 344 g/mol. The molecule has 0 saturated carbocycles. The van der Waals surface area contributed by atoms with E-state index < -0.39 is 24.4 Å². The molecule has 1 aliphatic carbocycles. The van der Waals surface area contributed by atoms with E-state index in [2.05, 4.69) is 5.32 Å². The Bertz CT molecular complexity index is 836. The SMILES string of the molecule is Cc1ccc(C(=O)OCC(=O)Nc2sc3c(c2C(N)=O)CCCC3)o1. The van der Waals surface area contributed by atoms with Crippen LogP contribution < -0.4 is 11.1 Å². The number of fused-ring (bicyclic) bond motifs is 1. The lowest BCUT2D eigenvalue weighted by atomic mass is 9.95. The van der Waals surface area contributed by atoms with Crippen molar-refractivity contribution < 1.29 is 23.5 Å². The zero-order chi connectivity index (χ0) is 18.0. The first-order valence-electron chi connectivity index (χ1n) is 7.93. The predicted octanol–water partition coefficient (Wildman–Crippen LogP) is 2.42. The molecule has 0 bridgehead atoms. The second-order valence-electron chi connectivity index (χ2n) is 5.81. The van der Waals surface area contributed by atoms with Gasteiger partial charge in [0.1, 0.15) is 10.8 Å². The summed E-state index contributed by atoms with van der Waals surface area (Å²) in [4.78, 5) is 36.7. The van der Waals surface area contributed by atoms with Crippen molar-refractivity contribution in [3.63, 3.8) is 0 Å². The van der Waals surface area contributed by atoms with Crippen molar-refractivity contribution in [2.24, 2.45) is 5.73 Å². The van der Waals surface area contributed by atoms with Gasteiger partial charge in [-0.05, 0) is 50.3 Å². The van der Waals surface area contributed by atoms with Crippen LogP contribution in [0.2, 0.25) is 0 Å². The fourth-order valence-corrected chi connectivity index (χ4v) is 4.13. The Kier molecular flexibility index (Phi) is 4.89. The van der Waals surface area contributed by atoms with Gasteiger partial charge in [-0.1, -0.05) is 0 Å². The van der Waals surface area contributed by atoms with Gasteiger partial charge in [0.05, 0.1) is 5.56 Å². The number of anilines is 1. The van der Waals surface area contributed by atoms with Gasteiger partial charge >= 0.3 is 5.97 Å². The predicted molar refractivity (Wildman–Crippen MR) is 91.8 cm³/mol. The largest absolute Gasteiger partial charge is 0.454 e. The number of amides is 2. The van der Waals surface area contributed by atoms with E-state index in [0.29, 0.717) is 16.3 Å². The zero-order valence-corrected chi connectivity index (χ0v) is 14.5. The van der Waals surface area contributed by atoms with Gasteiger partial charge in [-0.3, -0.25) is 9.59 Å². The highest BCUT2D eigenvalue weighted by Gasteiger charge is 2.25. The molecule has 7 nitrogen and oxygen atoms in total. The van der Waals surface area contributed by atoms with Crippen LogP contribution in [0.1, 0.15) is 50.0 Å². The number of carbonyl (C=O) groups excluding carboxylic acids is 3. The molecule has 0 aromatic carbocycles. The summed E-state index contributed by atoms with van der Waals surface area (Å²) in [6.07, 6.45) is 3.71. The molecule has 2 aromatic heterocycles. The second kappa shape index (κ2) is 7.10. The molecule has 2 heterocycles. The van der Waals surface area contributed by atoms with E-state index in [1.807, 2.05) is 0 Å². The van der Waals surface area contributed by atoms with Crippen LogP contribution >= 0.6 is 11.3 Å². The van der Waals surface area contributed by atoms with E-state index in [4.69, 9.17) is 14.9 Å². The minimum Gasteiger partial charge on any atom is -0.454 e. The molecule has 3 N–H and O–H groups in total. The molecule has 0 saturated heterocycles. The monoisotopic (exact) mass is 362 g/mol. The molecule has 25 heavy (non-hydrogen) atoms. The number of esters is 1. The lowest BCUT2D eigenvalue weighted by Gasteiger charge is -2.11. The average molecular weight is 362 g/mol. The van der Waals surface area contributed by atoms with Crippen LogP contribution in [0.25, 0.3) is 0 Å². The highest BCUT2D eigenvalue weighted by Crippen LogP contribution is 2.37. The molecular formula is C17H18N2O5S. The summed E-state index contributed by atoms with van der Waals surface area (Å²) >= 11 is 1.36. The molecule has 0 unspecified atom stereocenters. The van der Waals surface area contributed by atoms with Gasteiger partial charge in [-0.15, -0.1) is 11.3 Å². The van der Waals surface area contributed by atoms with Gasteiger partial charge < -0.3 is 20.2 Å². The van der Waals surface area contributed by atoms with E-state index in [0.717, 1.165) is 36.1 Å². The standard InChI is InChI=1S/C17H18N2O5S/c1-9-6-7-11(24-9)17(22)23-8-13(20)19-16-14(15(18)21)10-4-2-3-5-12(10)25-16/h6-7H,2-5,8H2,1H3,(H2,18,21)(H,19,20). The number of thiophene rings is 1. The van der Waals surface area contributed by atoms with E-state index >= 15 is 0 Å². The number of nitrogens with two attached hydrogens (primary N) is 1. The number of aryl methyl sites for hydroxylation is 2. The Hall–Kier alpha value is -2.61. The summed E-state index contributed by atoms with van der Waals surface area (Å²) in [6.45, 7) is 1.23. The molecule has 3 rings (SSSR count). The maximum atomic E-state index is 12.1. The van der Waals surface area contributed by atoms with E-state index in [1.165, 1.54) is 17.4 Å². The smallest absolute Gasteiger partial charge is 0.374 e. The van der Waals surface area contributed by atoms with Crippen molar-refractivity contribution in [2.45, 2.75) is 32.6 Å². The molecule has 1 aliphatic rings. The summed E-state index contributed by atoms with van der Waals surface area (Å²) in [5.41, 5.74) is 6.79. The molecule has 132 valence electrons. The van der Waals surface area contributed by atoms with E-state index in [-0.39, 0.29) is 5.76 Å². The van der Waals surface area contributed by atoms with Gasteiger partial charge in [0.15, 0.2) is 6.61 Å². The topological polar surface area (TPSA) is 112 Å². The van der Waals surface area contributed by atoms with Gasteiger partial charge in [0, 0.05) is 4.88 Å². The minimum absolute atomic E-state index is 0.0368. The number of nitrogens with one attached hydrogen (secondary N) is 1. The fraction of sp³-hybridized carbons (Fsp3) is 0.353. The molecule has 2 aromatic rings. The van der Waals surface area contributed by atoms with Crippen LogP contribution in [-0.4, -0.2) is 24.4 Å². The lowest BCUT2D eigenvalue weighted by Crippen LogP contribution is -2.22. The average Bonchev–Trinajstić information content (AvgIpc) is 3.15. The first kappa shape index (κ1) is 17.2. The lowest BCUT2D eigenvalue weighted by molar-refractivity contribution is -0.119. The number of carbonyl (C=O) groups is 3. The number of rotatable bonds is 5. The van der Waals surface area contributed by atoms with Crippen molar-refractivity contribution in [1.29, 1.82) is 0 Å². The fourth-order valence-electron chi connectivity index (χ4n) is 2.82. The first-order chi connectivity index (χ1) is 12.0. The van der Waals surface area contributed by atoms with Crippen molar-refractivity contribution in [3.8, 4) is 0 Å². The number of hydrogen-bond donors (Lipinski definition) is 2. The van der Waals surface area contributed by atoms with Crippen molar-refractivity contribution in [3.05, 3.63) is 39.7 Å². The quantitative estimate of drug-likeness (QED) is 0.794. The maximum absolute atomic E-state index is 12.1. The van der Waals surface area contributed by atoms with Crippen molar-refractivity contribution in [2.75, 3.05) is 11.9 Å². The molecule has 0 spiro atoms. The number of furan rings is 1. The third-order valence-corrected chi connectivity index (χ3v) is 5.15. The highest BCUT2D eigenvalue weighted by atomic mass is 32.1. The van der Waals surface area contributed by atoms with Crippen molar-refractivity contribution >= 4 is 34.1 Å². The van der Waals surface area contributed by atoms with Crippen LogP contribution in [0.4, 0.5) is 5.00 Å². The van der Waals surface area contributed by atoms with Crippen LogP contribution in [0.5, 0.6) is 0 Å². The summed E-state index contributed by atoms with van der Waals surface area (Å²) in [5.74, 6) is -1.19. The van der Waals surface area contributed by atoms with Crippen LogP contribution in [0.15, 0.2) is 16.5 Å². The summed E-state index contributed by atoms with van der Waals surface area (Å²) in [7, 11) is 0. The molecule has 0 atom stereocenters. The zero-order valence-electron chi connectivity index (χ0n) is 13.7. The highest BCUT2D eigenvalue weighted by molar-refractivity contribution is 7.17. The Balaban J connectivity index is 1.66. The first-order valence-corrected chi connectivity index (χ1v) is 8.75. The van der Waals surface area contributed by atoms with Crippen LogP contribution in [-0.2, 0) is 22.4 Å². The third-order valence-electron chi connectivity index (χ3n) is 3.95. The van der Waals surface area contributed by atoms with E-state index in [9.17, 15) is 14.4 Å². The van der Waals surface area contributed by atoms with Gasteiger partial charge in [-0.25, -0.2) is 4.79 Å². The maximum Gasteiger partial charge on any atom is 0.374 e. The Morgan fingerprint density at radius 3 is 2.72 bits per heavy atom. The Morgan fingerprint density at radius 2 is 2.04 bits per heavy atom. The Morgan fingerprint density at radius 1 is 1.28 bits per heavy atom. The number of ether oxygens (including phenoxy) is 1. The number of hydrogen-bond acceptors (Lipinski definition) is 6. The number of primary amides is 1. The summed E-state index contributed by atoms with van der Waals surface area (Å²) < 4.78 is 10.1. The van der Waals surface area contributed by atoms with Crippen LogP contribution in [0.3, 0.4) is 0 Å². The van der Waals surface area contributed by atoms with Gasteiger partial charge in [-0.2, -0.15) is 0 Å². The van der Waals surface area contributed by atoms with Gasteiger partial charge in [0.25, 0.3) is 11.8 Å². The third kappa shape index (κ3) is 3.74. The van der Waals surface area contributed by atoms with Crippen molar-refractivity contribution in [1.82, 2.24) is 0 Å². The minimum atomic E-state index is -0.719. The molecule has 0 aliphatic heterocycles.